The van der Waals surface area contributed by atoms with Gasteiger partial charge in [0.05, 0.1) is 22.8 Å². The number of phenolic OH excluding ortho intramolecular Hbond substituents is 2. The summed E-state index contributed by atoms with van der Waals surface area (Å²) in [6.45, 7) is 3.14. The van der Waals surface area contributed by atoms with Crippen LogP contribution < -0.4 is 4.74 Å². The maximum Gasteiger partial charge on any atom is 0.202 e. The number of likely N-dealkylation sites (tertiary alicyclic amines) is 1. The number of nitrogens with zero attached hydrogens (tertiary/aromatic N) is 1. The lowest BCUT2D eigenvalue weighted by molar-refractivity contribution is -0.139. The molecular weight excluding hydrogens is 442 g/mol. The molecule has 2 unspecified atom stereocenters. The first-order valence-electron chi connectivity index (χ1n) is 11.2. The maximum absolute atomic E-state index is 13.6. The Labute approximate surface area is 195 Å². The predicted molar refractivity (Wildman–Crippen MR) is 118 cm³/mol. The molecular formula is C25H25NO8. The third-order valence-corrected chi connectivity index (χ3v) is 7.13. The molecule has 4 N–H and O–H groups in total. The van der Waals surface area contributed by atoms with Crippen LogP contribution in [0.5, 0.6) is 17.2 Å². The molecule has 2 atom stereocenters. The number of benzene rings is 2. The Morgan fingerprint density at radius 2 is 1.76 bits per heavy atom. The van der Waals surface area contributed by atoms with Gasteiger partial charge in [-0.25, -0.2) is 0 Å². The van der Waals surface area contributed by atoms with E-state index in [4.69, 9.17) is 4.74 Å². The second-order valence-corrected chi connectivity index (χ2v) is 9.26. The van der Waals surface area contributed by atoms with Crippen molar-refractivity contribution in [1.82, 2.24) is 4.90 Å². The van der Waals surface area contributed by atoms with Crippen LogP contribution in [-0.2, 0) is 11.2 Å². The molecule has 2 aromatic rings. The van der Waals surface area contributed by atoms with Crippen molar-refractivity contribution in [3.05, 3.63) is 51.6 Å². The van der Waals surface area contributed by atoms with E-state index < -0.39 is 64.5 Å². The molecule has 0 amide bonds. The summed E-state index contributed by atoms with van der Waals surface area (Å²) in [6.07, 6.45) is -0.237. The minimum Gasteiger partial charge on any atom is -0.507 e. The zero-order valence-corrected chi connectivity index (χ0v) is 18.6. The van der Waals surface area contributed by atoms with E-state index in [9.17, 15) is 34.8 Å². The van der Waals surface area contributed by atoms with Crippen molar-refractivity contribution in [2.24, 2.45) is 0 Å². The first-order valence-corrected chi connectivity index (χ1v) is 11.2. The van der Waals surface area contributed by atoms with Gasteiger partial charge in [-0.2, -0.15) is 0 Å². The van der Waals surface area contributed by atoms with Crippen molar-refractivity contribution < 1.29 is 39.5 Å². The van der Waals surface area contributed by atoms with E-state index in [2.05, 4.69) is 4.90 Å². The van der Waals surface area contributed by atoms with Gasteiger partial charge in [-0.1, -0.05) is 12.1 Å². The van der Waals surface area contributed by atoms with Crippen LogP contribution >= 0.6 is 0 Å². The Morgan fingerprint density at radius 3 is 2.44 bits per heavy atom. The van der Waals surface area contributed by atoms with Crippen molar-refractivity contribution >= 4 is 17.3 Å². The molecule has 2 aromatic carbocycles. The molecule has 1 saturated heterocycles. The molecule has 9 nitrogen and oxygen atoms in total. The maximum atomic E-state index is 13.6. The van der Waals surface area contributed by atoms with Gasteiger partial charge in [0.1, 0.15) is 29.6 Å². The Hall–Kier alpha value is -3.27. The van der Waals surface area contributed by atoms with Crippen LogP contribution in [0, 0.1) is 0 Å². The van der Waals surface area contributed by atoms with E-state index in [-0.39, 0.29) is 34.7 Å². The molecule has 2 aliphatic carbocycles. The molecule has 178 valence electrons. The first kappa shape index (κ1) is 22.5. The second-order valence-electron chi connectivity index (χ2n) is 9.26. The van der Waals surface area contributed by atoms with Gasteiger partial charge in [-0.3, -0.25) is 19.3 Å². The Balaban J connectivity index is 1.63. The van der Waals surface area contributed by atoms with Crippen molar-refractivity contribution in [3.63, 3.8) is 0 Å². The molecule has 1 aliphatic heterocycles. The smallest absolute Gasteiger partial charge is 0.202 e. The quantitative estimate of drug-likeness (QED) is 0.421. The molecule has 0 spiro atoms. The van der Waals surface area contributed by atoms with E-state index in [1.807, 2.05) is 0 Å². The number of aliphatic hydroxyl groups is 2. The van der Waals surface area contributed by atoms with Crippen molar-refractivity contribution in [1.29, 1.82) is 0 Å². The number of aliphatic hydroxyl groups excluding tert-OH is 1. The van der Waals surface area contributed by atoms with Gasteiger partial charge in [0, 0.05) is 42.6 Å². The Kier molecular flexibility index (Phi) is 5.23. The number of ketones is 3. The fraction of sp³-hybridized carbons (Fsp3) is 0.400. The van der Waals surface area contributed by atoms with E-state index in [1.165, 1.54) is 6.07 Å². The van der Waals surface area contributed by atoms with E-state index >= 15 is 0 Å². The summed E-state index contributed by atoms with van der Waals surface area (Å²) in [4.78, 5) is 41.1. The van der Waals surface area contributed by atoms with Gasteiger partial charge in [-0.05, 0) is 25.8 Å². The Morgan fingerprint density at radius 1 is 1.09 bits per heavy atom. The van der Waals surface area contributed by atoms with Crippen molar-refractivity contribution in [2.75, 3.05) is 19.8 Å². The fourth-order valence-corrected chi connectivity index (χ4v) is 5.23. The fourth-order valence-electron chi connectivity index (χ4n) is 5.23. The summed E-state index contributed by atoms with van der Waals surface area (Å²) < 4.78 is 5.87. The molecule has 0 aromatic heterocycles. The minimum atomic E-state index is -1.97. The summed E-state index contributed by atoms with van der Waals surface area (Å²) in [7, 11) is 0. The molecule has 1 fully saturated rings. The van der Waals surface area contributed by atoms with Crippen LogP contribution in [-0.4, -0.2) is 68.1 Å². The van der Waals surface area contributed by atoms with E-state index in [1.54, 1.807) is 12.1 Å². The standard InChI is InChI=1S/C25H25NO8/c1-12(27)25(33)9-14-17(15(28)10-25)23(31)20-19(22(14)30)21(29)13-5-4-6-16(18(13)24(20)32)34-11-26-7-2-3-8-26/h4-6,15,28,30-31,33H,2-3,7-11H2,1H3. The van der Waals surface area contributed by atoms with Crippen LogP contribution in [0.1, 0.15) is 75.3 Å². The zero-order valence-electron chi connectivity index (χ0n) is 18.6. The molecule has 34 heavy (non-hydrogen) atoms. The lowest BCUT2D eigenvalue weighted by Gasteiger charge is -2.36. The summed E-state index contributed by atoms with van der Waals surface area (Å²) >= 11 is 0. The number of phenols is 2. The largest absolute Gasteiger partial charge is 0.507 e. The Bertz CT molecular complexity index is 1250. The number of Topliss-reactive ketones (excluding diaryl/α,β-unsaturated/α-hetero) is 1. The van der Waals surface area contributed by atoms with Crippen molar-refractivity contribution in [3.8, 4) is 17.2 Å². The number of carbonyl (C=O) groups is 3. The summed E-state index contributed by atoms with van der Waals surface area (Å²) in [5, 5.41) is 43.4. The number of hydrogen-bond acceptors (Lipinski definition) is 9. The lowest BCUT2D eigenvalue weighted by atomic mass is 9.72. The van der Waals surface area contributed by atoms with Crippen LogP contribution in [0.2, 0.25) is 0 Å². The van der Waals surface area contributed by atoms with Gasteiger partial charge < -0.3 is 25.2 Å². The zero-order chi connectivity index (χ0) is 24.4. The van der Waals surface area contributed by atoms with Crippen molar-refractivity contribution in [2.45, 2.75) is 44.3 Å². The number of ether oxygens (including phenoxy) is 1. The number of carbonyl (C=O) groups excluding carboxylic acids is 3. The molecule has 1 heterocycles. The molecule has 0 saturated carbocycles. The van der Waals surface area contributed by atoms with Gasteiger partial charge in [0.15, 0.2) is 11.6 Å². The lowest BCUT2D eigenvalue weighted by Crippen LogP contribution is -2.44. The van der Waals surface area contributed by atoms with Gasteiger partial charge in [0.25, 0.3) is 0 Å². The van der Waals surface area contributed by atoms with Gasteiger partial charge in [-0.15, -0.1) is 0 Å². The topological polar surface area (TPSA) is 145 Å². The summed E-state index contributed by atoms with van der Waals surface area (Å²) in [5.74, 6) is -3.11. The SMILES string of the molecule is CC(=O)C1(O)Cc2c(O)c3c(c(O)c2C(O)C1)C(=O)c1c(OCN2CCCC2)cccc1C3=O. The molecule has 9 heteroatoms. The normalized spacial score (nSPS) is 23.9. The second kappa shape index (κ2) is 7.90. The van der Waals surface area contributed by atoms with Gasteiger partial charge in [0.2, 0.25) is 5.78 Å². The first-order chi connectivity index (χ1) is 16.1. The minimum absolute atomic E-state index is 0.0145. The highest BCUT2D eigenvalue weighted by Crippen LogP contribution is 2.51. The third-order valence-electron chi connectivity index (χ3n) is 7.13. The average Bonchev–Trinajstić information content (AvgIpc) is 3.31. The highest BCUT2D eigenvalue weighted by atomic mass is 16.5. The predicted octanol–water partition coefficient (Wildman–Crippen LogP) is 1.60. The molecule has 3 aliphatic rings. The van der Waals surface area contributed by atoms with Crippen LogP contribution in [0.4, 0.5) is 0 Å². The average molecular weight is 467 g/mol. The summed E-state index contributed by atoms with van der Waals surface area (Å²) in [6, 6.07) is 4.59. The highest BCUT2D eigenvalue weighted by Gasteiger charge is 2.47. The number of hydrogen-bond donors (Lipinski definition) is 4. The van der Waals surface area contributed by atoms with E-state index in [0.29, 0.717) is 0 Å². The van der Waals surface area contributed by atoms with Crippen LogP contribution in [0.15, 0.2) is 18.2 Å². The molecule has 5 rings (SSSR count). The third kappa shape index (κ3) is 3.23. The molecule has 0 radical (unpaired) electrons. The number of fused-ring (bicyclic) bond motifs is 3. The van der Waals surface area contributed by atoms with E-state index in [0.717, 1.165) is 32.9 Å². The van der Waals surface area contributed by atoms with Crippen LogP contribution in [0.25, 0.3) is 0 Å². The number of rotatable bonds is 4. The number of aromatic hydroxyl groups is 2. The van der Waals surface area contributed by atoms with Crippen LogP contribution in [0.3, 0.4) is 0 Å². The summed E-state index contributed by atoms with van der Waals surface area (Å²) in [5.41, 5.74) is -3.09. The monoisotopic (exact) mass is 467 g/mol. The highest BCUT2D eigenvalue weighted by molar-refractivity contribution is 6.31. The molecule has 0 bridgehead atoms. The van der Waals surface area contributed by atoms with Gasteiger partial charge >= 0.3 is 0 Å².